The number of nitrogens with zero attached hydrogens (tertiary/aromatic N) is 1. The second kappa shape index (κ2) is 8.17. The van der Waals surface area contributed by atoms with E-state index in [1.165, 1.54) is 0 Å². The molecule has 0 radical (unpaired) electrons. The number of carbonyl (C=O) groups excluding carboxylic acids is 1. The van der Waals surface area contributed by atoms with Gasteiger partial charge in [-0.1, -0.05) is 5.92 Å². The van der Waals surface area contributed by atoms with Crippen molar-refractivity contribution in [3.63, 3.8) is 0 Å². The van der Waals surface area contributed by atoms with Crippen LogP contribution >= 0.6 is 0 Å². The van der Waals surface area contributed by atoms with Gasteiger partial charge in [0.05, 0.1) is 13.1 Å². The van der Waals surface area contributed by atoms with Crippen LogP contribution in [0, 0.1) is 12.3 Å². The highest BCUT2D eigenvalue weighted by Gasteiger charge is 2.03. The first-order chi connectivity index (χ1) is 9.21. The molecule has 1 aromatic rings. The van der Waals surface area contributed by atoms with Gasteiger partial charge in [-0.15, -0.1) is 6.42 Å². The fraction of sp³-hybridized carbons (Fsp3) is 0.400. The van der Waals surface area contributed by atoms with Crippen molar-refractivity contribution in [2.24, 2.45) is 0 Å². The molecule has 102 valence electrons. The fourth-order valence-corrected chi connectivity index (χ4v) is 1.80. The van der Waals surface area contributed by atoms with Crippen molar-refractivity contribution in [2.75, 3.05) is 36.4 Å². The number of rotatable bonds is 7. The van der Waals surface area contributed by atoms with E-state index in [0.29, 0.717) is 6.54 Å². The summed E-state index contributed by atoms with van der Waals surface area (Å²) in [4.78, 5) is 13.8. The third-order valence-corrected chi connectivity index (χ3v) is 2.79. The summed E-state index contributed by atoms with van der Waals surface area (Å²) >= 11 is 0. The second-order valence-electron chi connectivity index (χ2n) is 4.08. The van der Waals surface area contributed by atoms with Crippen LogP contribution in [0.5, 0.6) is 0 Å². The van der Waals surface area contributed by atoms with E-state index < -0.39 is 0 Å². The van der Waals surface area contributed by atoms with Crippen molar-refractivity contribution in [2.45, 2.75) is 13.8 Å². The molecule has 0 aliphatic rings. The fourth-order valence-electron chi connectivity index (χ4n) is 1.80. The smallest absolute Gasteiger partial charge is 0.238 e. The van der Waals surface area contributed by atoms with E-state index in [1.54, 1.807) is 0 Å². The van der Waals surface area contributed by atoms with Crippen molar-refractivity contribution in [3.05, 3.63) is 24.3 Å². The molecule has 0 aliphatic carbocycles. The zero-order valence-electron chi connectivity index (χ0n) is 11.6. The first-order valence-electron chi connectivity index (χ1n) is 6.50. The predicted molar refractivity (Wildman–Crippen MR) is 80.3 cm³/mol. The molecule has 0 saturated carbocycles. The van der Waals surface area contributed by atoms with Gasteiger partial charge in [0.1, 0.15) is 0 Å². The van der Waals surface area contributed by atoms with E-state index in [2.05, 4.69) is 35.3 Å². The van der Waals surface area contributed by atoms with Crippen molar-refractivity contribution in [3.8, 4) is 12.3 Å². The number of carbonyl (C=O) groups is 1. The molecule has 0 unspecified atom stereocenters. The molecule has 0 saturated heterocycles. The molecular weight excluding hydrogens is 238 g/mol. The largest absolute Gasteiger partial charge is 0.372 e. The molecule has 0 spiro atoms. The highest BCUT2D eigenvalue weighted by atomic mass is 16.1. The quantitative estimate of drug-likeness (QED) is 0.578. The maximum absolute atomic E-state index is 11.6. The molecule has 1 aromatic carbocycles. The van der Waals surface area contributed by atoms with Crippen LogP contribution in [0.3, 0.4) is 0 Å². The Bertz CT molecular complexity index is 430. The van der Waals surface area contributed by atoms with Gasteiger partial charge in [-0.25, -0.2) is 0 Å². The van der Waals surface area contributed by atoms with Gasteiger partial charge < -0.3 is 10.2 Å². The SMILES string of the molecule is C#CCNCC(=O)Nc1ccc(N(CC)CC)cc1. The van der Waals surface area contributed by atoms with Crippen LogP contribution in [0.2, 0.25) is 0 Å². The lowest BCUT2D eigenvalue weighted by atomic mass is 10.2. The van der Waals surface area contributed by atoms with E-state index in [9.17, 15) is 4.79 Å². The van der Waals surface area contributed by atoms with Crippen LogP contribution in [0.4, 0.5) is 11.4 Å². The van der Waals surface area contributed by atoms with Crippen LogP contribution in [0.15, 0.2) is 24.3 Å². The average Bonchev–Trinajstić information content (AvgIpc) is 2.42. The Balaban J connectivity index is 2.52. The minimum absolute atomic E-state index is 0.0918. The first-order valence-corrected chi connectivity index (χ1v) is 6.50. The van der Waals surface area contributed by atoms with Gasteiger partial charge in [0.15, 0.2) is 0 Å². The lowest BCUT2D eigenvalue weighted by Crippen LogP contribution is -2.28. The highest BCUT2D eigenvalue weighted by molar-refractivity contribution is 5.92. The van der Waals surface area contributed by atoms with Crippen LogP contribution < -0.4 is 15.5 Å². The maximum Gasteiger partial charge on any atom is 0.238 e. The van der Waals surface area contributed by atoms with Crippen molar-refractivity contribution in [1.29, 1.82) is 0 Å². The first kappa shape index (κ1) is 15.1. The topological polar surface area (TPSA) is 44.4 Å². The Labute approximate surface area is 115 Å². The van der Waals surface area contributed by atoms with E-state index in [4.69, 9.17) is 6.42 Å². The van der Waals surface area contributed by atoms with Gasteiger partial charge in [-0.05, 0) is 38.1 Å². The summed E-state index contributed by atoms with van der Waals surface area (Å²) in [6.45, 7) is 6.80. The second-order valence-corrected chi connectivity index (χ2v) is 4.08. The Hall–Kier alpha value is -1.99. The summed E-state index contributed by atoms with van der Waals surface area (Å²) in [6, 6.07) is 7.84. The number of terminal acetylenes is 1. The molecule has 1 amide bonds. The van der Waals surface area contributed by atoms with Crippen LogP contribution in [-0.2, 0) is 4.79 Å². The standard InChI is InChI=1S/C15H21N3O/c1-4-11-16-12-15(19)17-13-7-9-14(10-8-13)18(5-2)6-3/h1,7-10,16H,5-6,11-12H2,2-3H3,(H,17,19). The molecule has 1 rings (SSSR count). The Morgan fingerprint density at radius 1 is 1.26 bits per heavy atom. The summed E-state index contributed by atoms with van der Waals surface area (Å²) in [7, 11) is 0. The van der Waals surface area contributed by atoms with E-state index in [0.717, 1.165) is 24.5 Å². The van der Waals surface area contributed by atoms with Crippen LogP contribution in [-0.4, -0.2) is 32.1 Å². The molecule has 0 bridgehead atoms. The Morgan fingerprint density at radius 3 is 2.42 bits per heavy atom. The molecule has 0 aromatic heterocycles. The Kier molecular flexibility index (Phi) is 6.48. The minimum atomic E-state index is -0.0918. The number of hydrogen-bond acceptors (Lipinski definition) is 3. The summed E-state index contributed by atoms with van der Waals surface area (Å²) in [5.41, 5.74) is 1.96. The zero-order valence-corrected chi connectivity index (χ0v) is 11.6. The molecule has 4 heteroatoms. The van der Waals surface area contributed by atoms with Gasteiger partial charge in [0.25, 0.3) is 0 Å². The molecule has 19 heavy (non-hydrogen) atoms. The van der Waals surface area contributed by atoms with E-state index >= 15 is 0 Å². The maximum atomic E-state index is 11.6. The molecule has 0 fully saturated rings. The van der Waals surface area contributed by atoms with Crippen molar-refractivity contribution in [1.82, 2.24) is 5.32 Å². The summed E-state index contributed by atoms with van der Waals surface area (Å²) < 4.78 is 0. The van der Waals surface area contributed by atoms with Crippen molar-refractivity contribution >= 4 is 17.3 Å². The van der Waals surface area contributed by atoms with Gasteiger partial charge >= 0.3 is 0 Å². The van der Waals surface area contributed by atoms with Crippen LogP contribution in [0.1, 0.15) is 13.8 Å². The Morgan fingerprint density at radius 2 is 1.89 bits per heavy atom. The van der Waals surface area contributed by atoms with E-state index in [-0.39, 0.29) is 12.5 Å². The number of benzene rings is 1. The summed E-state index contributed by atoms with van der Waals surface area (Å²) in [6.07, 6.45) is 5.09. The van der Waals surface area contributed by atoms with Gasteiger partial charge in [-0.2, -0.15) is 0 Å². The van der Waals surface area contributed by atoms with E-state index in [1.807, 2.05) is 24.3 Å². The number of anilines is 2. The lowest BCUT2D eigenvalue weighted by Gasteiger charge is -2.21. The molecular formula is C15H21N3O. The van der Waals surface area contributed by atoms with Gasteiger partial charge in [-0.3, -0.25) is 10.1 Å². The van der Waals surface area contributed by atoms with Gasteiger partial charge in [0.2, 0.25) is 5.91 Å². The zero-order chi connectivity index (χ0) is 14.1. The molecule has 0 aliphatic heterocycles. The van der Waals surface area contributed by atoms with Crippen LogP contribution in [0.25, 0.3) is 0 Å². The minimum Gasteiger partial charge on any atom is -0.372 e. The molecule has 4 nitrogen and oxygen atoms in total. The third kappa shape index (κ3) is 5.02. The number of nitrogens with one attached hydrogen (secondary N) is 2. The average molecular weight is 259 g/mol. The number of hydrogen-bond donors (Lipinski definition) is 2. The number of amides is 1. The highest BCUT2D eigenvalue weighted by Crippen LogP contribution is 2.17. The molecule has 0 heterocycles. The van der Waals surface area contributed by atoms with Gasteiger partial charge in [0, 0.05) is 24.5 Å². The summed E-state index contributed by atoms with van der Waals surface area (Å²) in [5, 5.41) is 5.66. The summed E-state index contributed by atoms with van der Waals surface area (Å²) in [5.74, 6) is 2.33. The van der Waals surface area contributed by atoms with Crippen molar-refractivity contribution < 1.29 is 4.79 Å². The monoisotopic (exact) mass is 259 g/mol. The molecule has 2 N–H and O–H groups in total. The predicted octanol–water partition coefficient (Wildman–Crippen LogP) is 1.69. The third-order valence-electron chi connectivity index (χ3n) is 2.79. The molecule has 0 atom stereocenters. The lowest BCUT2D eigenvalue weighted by molar-refractivity contribution is -0.115. The normalized spacial score (nSPS) is 9.74.